The van der Waals surface area contributed by atoms with Gasteiger partial charge in [0, 0.05) is 10.5 Å². The number of rotatable bonds is 1. The van der Waals surface area contributed by atoms with Gasteiger partial charge in [0.1, 0.15) is 5.50 Å². The fraction of sp³-hybridized carbons (Fsp3) is 0.167. The number of hydrogen-bond acceptors (Lipinski definition) is 3. The minimum absolute atomic E-state index is 0.0805. The molecule has 0 saturated carbocycles. The molecule has 2 heterocycles. The molecule has 0 amide bonds. The summed E-state index contributed by atoms with van der Waals surface area (Å²) in [4.78, 5) is 1.22. The number of hydrogen-bond donors (Lipinski definition) is 2. The normalized spacial score (nSPS) is 26.6. The van der Waals surface area contributed by atoms with Crippen molar-refractivity contribution in [3.8, 4) is 0 Å². The average Bonchev–Trinajstić information content (AvgIpc) is 2.72. The molecule has 2 N–H and O–H groups in total. The van der Waals surface area contributed by atoms with Crippen molar-refractivity contribution in [2.45, 2.75) is 16.4 Å². The van der Waals surface area contributed by atoms with E-state index in [0.29, 0.717) is 0 Å². The van der Waals surface area contributed by atoms with Gasteiger partial charge in [-0.2, -0.15) is 0 Å². The molecular formula is C12H11ClN2S. The van der Waals surface area contributed by atoms with E-state index in [1.807, 2.05) is 12.3 Å². The summed E-state index contributed by atoms with van der Waals surface area (Å²) < 4.78 is 3.14. The second-order valence-corrected chi connectivity index (χ2v) is 5.08. The van der Waals surface area contributed by atoms with Crippen LogP contribution in [0.4, 0.5) is 0 Å². The predicted octanol–water partition coefficient (Wildman–Crippen LogP) is 3.25. The van der Waals surface area contributed by atoms with Gasteiger partial charge in [0.25, 0.3) is 0 Å². The topological polar surface area (TPSA) is 24.1 Å². The van der Waals surface area contributed by atoms with Crippen LogP contribution in [-0.2, 0) is 0 Å². The predicted molar refractivity (Wildman–Crippen MR) is 68.2 cm³/mol. The highest BCUT2D eigenvalue weighted by molar-refractivity contribution is 7.97. The third-order valence-electron chi connectivity index (χ3n) is 2.73. The highest BCUT2D eigenvalue weighted by Gasteiger charge is 2.21. The van der Waals surface area contributed by atoms with E-state index in [1.54, 1.807) is 11.9 Å². The standard InChI is InChI=1S/C12H11ClN2S/c13-12-9-7-8(4-5-11(9)16-15-12)10-3-1-2-6-14-10/h1-7,10,12,14-15H. The first-order valence-electron chi connectivity index (χ1n) is 5.14. The molecule has 2 aliphatic rings. The van der Waals surface area contributed by atoms with Crippen molar-refractivity contribution in [2.75, 3.05) is 0 Å². The molecule has 4 heteroatoms. The number of dihydropyridines is 1. The number of fused-ring (bicyclic) bond motifs is 1. The number of nitrogens with one attached hydrogen (secondary N) is 2. The van der Waals surface area contributed by atoms with Crippen LogP contribution in [0.15, 0.2) is 47.5 Å². The maximum Gasteiger partial charge on any atom is 0.118 e. The quantitative estimate of drug-likeness (QED) is 0.455. The highest BCUT2D eigenvalue weighted by Crippen LogP contribution is 2.38. The molecule has 2 atom stereocenters. The van der Waals surface area contributed by atoms with Gasteiger partial charge in [0.05, 0.1) is 6.04 Å². The molecule has 1 aromatic carbocycles. The van der Waals surface area contributed by atoms with E-state index in [1.165, 1.54) is 16.0 Å². The van der Waals surface area contributed by atoms with Crippen LogP contribution < -0.4 is 10.0 Å². The van der Waals surface area contributed by atoms with Crippen LogP contribution in [0.3, 0.4) is 0 Å². The molecule has 0 aromatic heterocycles. The summed E-state index contributed by atoms with van der Waals surface area (Å²) in [6.07, 6.45) is 8.15. The summed E-state index contributed by atoms with van der Waals surface area (Å²) in [6, 6.07) is 6.69. The van der Waals surface area contributed by atoms with Gasteiger partial charge < -0.3 is 5.32 Å². The van der Waals surface area contributed by atoms with Gasteiger partial charge in [0.2, 0.25) is 0 Å². The van der Waals surface area contributed by atoms with E-state index in [2.05, 4.69) is 40.4 Å². The largest absolute Gasteiger partial charge is 0.381 e. The Morgan fingerprint density at radius 2 is 2.19 bits per heavy atom. The van der Waals surface area contributed by atoms with Gasteiger partial charge >= 0.3 is 0 Å². The molecule has 1 aromatic rings. The summed E-state index contributed by atoms with van der Waals surface area (Å²) in [5.74, 6) is 0. The minimum Gasteiger partial charge on any atom is -0.381 e. The van der Waals surface area contributed by atoms with Crippen molar-refractivity contribution in [1.29, 1.82) is 0 Å². The second kappa shape index (κ2) is 4.17. The zero-order chi connectivity index (χ0) is 11.0. The highest BCUT2D eigenvalue weighted by atomic mass is 35.5. The molecule has 2 unspecified atom stereocenters. The Hall–Kier alpha value is -0.900. The fourth-order valence-electron chi connectivity index (χ4n) is 1.88. The Kier molecular flexibility index (Phi) is 2.67. The first-order valence-corrected chi connectivity index (χ1v) is 6.39. The number of halogens is 1. The van der Waals surface area contributed by atoms with Crippen LogP contribution in [0.5, 0.6) is 0 Å². The van der Waals surface area contributed by atoms with Crippen LogP contribution in [0.25, 0.3) is 0 Å². The second-order valence-electron chi connectivity index (χ2n) is 3.77. The molecule has 0 fully saturated rings. The molecule has 16 heavy (non-hydrogen) atoms. The Morgan fingerprint density at radius 1 is 1.25 bits per heavy atom. The Labute approximate surface area is 104 Å². The van der Waals surface area contributed by atoms with Gasteiger partial charge in [-0.1, -0.05) is 29.8 Å². The smallest absolute Gasteiger partial charge is 0.118 e. The SMILES string of the molecule is ClC1NSc2ccc(C3C=CC=CN3)cc21. The minimum atomic E-state index is -0.0805. The molecule has 0 saturated heterocycles. The number of benzene rings is 1. The van der Waals surface area contributed by atoms with Crippen LogP contribution in [0, 0.1) is 0 Å². The molecule has 0 radical (unpaired) electrons. The van der Waals surface area contributed by atoms with E-state index >= 15 is 0 Å². The van der Waals surface area contributed by atoms with Gasteiger partial charge in [0.15, 0.2) is 0 Å². The van der Waals surface area contributed by atoms with E-state index in [4.69, 9.17) is 11.6 Å². The summed E-state index contributed by atoms with van der Waals surface area (Å²) in [6.45, 7) is 0. The third-order valence-corrected chi connectivity index (χ3v) is 4.14. The Balaban J connectivity index is 1.94. The van der Waals surface area contributed by atoms with Crippen molar-refractivity contribution in [3.05, 3.63) is 53.8 Å². The summed E-state index contributed by atoms with van der Waals surface area (Å²) in [5.41, 5.74) is 2.34. The van der Waals surface area contributed by atoms with Gasteiger partial charge in [-0.05, 0) is 41.9 Å². The zero-order valence-electron chi connectivity index (χ0n) is 8.48. The monoisotopic (exact) mass is 250 g/mol. The van der Waals surface area contributed by atoms with Crippen molar-refractivity contribution in [2.24, 2.45) is 0 Å². The molecule has 0 aliphatic carbocycles. The molecule has 3 rings (SSSR count). The van der Waals surface area contributed by atoms with E-state index in [-0.39, 0.29) is 11.5 Å². The number of alkyl halides is 1. The van der Waals surface area contributed by atoms with Crippen LogP contribution >= 0.6 is 23.5 Å². The Bertz CT molecular complexity index is 470. The number of allylic oxidation sites excluding steroid dienone is 2. The van der Waals surface area contributed by atoms with E-state index in [0.717, 1.165) is 0 Å². The van der Waals surface area contributed by atoms with Crippen molar-refractivity contribution in [3.63, 3.8) is 0 Å². The van der Waals surface area contributed by atoms with Crippen LogP contribution in [-0.4, -0.2) is 0 Å². The lowest BCUT2D eigenvalue weighted by Crippen LogP contribution is -2.15. The molecular weight excluding hydrogens is 240 g/mol. The van der Waals surface area contributed by atoms with E-state index in [9.17, 15) is 0 Å². The van der Waals surface area contributed by atoms with E-state index < -0.39 is 0 Å². The van der Waals surface area contributed by atoms with Crippen molar-refractivity contribution < 1.29 is 0 Å². The molecule has 2 aliphatic heterocycles. The fourth-order valence-corrected chi connectivity index (χ4v) is 3.05. The Morgan fingerprint density at radius 3 is 3.00 bits per heavy atom. The van der Waals surface area contributed by atoms with Gasteiger partial charge in [-0.3, -0.25) is 0 Å². The van der Waals surface area contributed by atoms with Gasteiger partial charge in [-0.15, -0.1) is 0 Å². The maximum atomic E-state index is 6.17. The lowest BCUT2D eigenvalue weighted by atomic mass is 10.0. The van der Waals surface area contributed by atoms with Gasteiger partial charge in [-0.25, -0.2) is 4.72 Å². The zero-order valence-corrected chi connectivity index (χ0v) is 10.1. The van der Waals surface area contributed by atoms with Crippen molar-refractivity contribution in [1.82, 2.24) is 10.0 Å². The summed E-state index contributed by atoms with van der Waals surface area (Å²) in [7, 11) is 0. The molecule has 2 nitrogen and oxygen atoms in total. The summed E-state index contributed by atoms with van der Waals surface area (Å²) in [5, 5.41) is 3.30. The van der Waals surface area contributed by atoms with Crippen LogP contribution in [0.2, 0.25) is 0 Å². The van der Waals surface area contributed by atoms with Crippen LogP contribution in [0.1, 0.15) is 22.7 Å². The van der Waals surface area contributed by atoms with Crippen molar-refractivity contribution >= 4 is 23.5 Å². The third kappa shape index (κ3) is 1.75. The maximum absolute atomic E-state index is 6.17. The summed E-state index contributed by atoms with van der Waals surface area (Å²) >= 11 is 7.77. The molecule has 0 bridgehead atoms. The molecule has 82 valence electrons. The average molecular weight is 251 g/mol. The lowest BCUT2D eigenvalue weighted by molar-refractivity contribution is 0.743. The lowest BCUT2D eigenvalue weighted by Gasteiger charge is -2.17. The first kappa shape index (κ1) is 10.3. The molecule has 0 spiro atoms. The first-order chi connectivity index (χ1) is 7.84.